The second kappa shape index (κ2) is 7.43. The lowest BCUT2D eigenvalue weighted by Gasteiger charge is -2.25. The van der Waals surface area contributed by atoms with Crippen molar-refractivity contribution in [3.8, 4) is 0 Å². The molecule has 6 heteroatoms. The van der Waals surface area contributed by atoms with Crippen LogP contribution in [0, 0.1) is 5.92 Å². The van der Waals surface area contributed by atoms with Crippen molar-refractivity contribution in [2.45, 2.75) is 33.1 Å². The third-order valence-electron chi connectivity index (χ3n) is 2.99. The normalized spacial score (nSPS) is 12.8. The van der Waals surface area contributed by atoms with Crippen LogP contribution in [0.1, 0.15) is 38.7 Å². The van der Waals surface area contributed by atoms with Crippen molar-refractivity contribution in [2.75, 3.05) is 0 Å². The second-order valence-corrected chi connectivity index (χ2v) is 5.38. The van der Waals surface area contributed by atoms with Gasteiger partial charge in [-0.2, -0.15) is 0 Å². The van der Waals surface area contributed by atoms with Gasteiger partial charge >= 0.3 is 0 Å². The van der Waals surface area contributed by atoms with E-state index in [2.05, 4.69) is 23.6 Å². The lowest BCUT2D eigenvalue weighted by molar-refractivity contribution is -0.341. The van der Waals surface area contributed by atoms with Crippen LogP contribution < -0.4 is 9.79 Å². The van der Waals surface area contributed by atoms with Crippen molar-refractivity contribution >= 4 is 13.5 Å². The zero-order valence-electron chi connectivity index (χ0n) is 11.1. The van der Waals surface area contributed by atoms with Crippen LogP contribution in [0.5, 0.6) is 0 Å². The number of benzene rings is 1. The van der Waals surface area contributed by atoms with Gasteiger partial charge < -0.3 is 19.0 Å². The van der Waals surface area contributed by atoms with E-state index < -0.39 is 7.82 Å². The largest absolute Gasteiger partial charge is 0.778 e. The smallest absolute Gasteiger partial charge is 0.146 e. The summed E-state index contributed by atoms with van der Waals surface area (Å²) in [4.78, 5) is 21.1. The highest BCUT2D eigenvalue weighted by Gasteiger charge is 2.11. The van der Waals surface area contributed by atoms with Crippen LogP contribution in [0.25, 0.3) is 0 Å². The molecule has 1 rings (SSSR count). The van der Waals surface area contributed by atoms with E-state index in [1.54, 1.807) is 0 Å². The molecule has 0 aliphatic heterocycles. The van der Waals surface area contributed by atoms with E-state index in [1.807, 2.05) is 30.3 Å². The summed E-state index contributed by atoms with van der Waals surface area (Å²) in [6.07, 6.45) is 2.49. The Kier molecular flexibility index (Phi) is 6.22. The van der Waals surface area contributed by atoms with Crippen LogP contribution in [0.2, 0.25) is 0 Å². The van der Waals surface area contributed by atoms with E-state index >= 15 is 0 Å². The molecule has 0 atom stereocenters. The lowest BCUT2D eigenvalue weighted by Crippen LogP contribution is -2.16. The standard InChI is InChI=1S/C13H20NO4P/c1-3-11(4-2)10-13(14-18-19(15,16)17)12-8-6-5-7-9-12/h5-9,11H,3-4,10H2,1-2H3,(H2,15,16,17)/p-2. The third-order valence-corrected chi connectivity index (χ3v) is 3.28. The first-order valence-corrected chi connectivity index (χ1v) is 7.75. The van der Waals surface area contributed by atoms with Crippen molar-refractivity contribution in [3.05, 3.63) is 35.9 Å². The van der Waals surface area contributed by atoms with Crippen LogP contribution in [-0.2, 0) is 9.19 Å². The summed E-state index contributed by atoms with van der Waals surface area (Å²) in [5, 5.41) is 3.53. The zero-order chi connectivity index (χ0) is 14.3. The molecule has 106 valence electrons. The summed E-state index contributed by atoms with van der Waals surface area (Å²) in [6.45, 7) is 4.12. The maximum absolute atomic E-state index is 10.5. The summed E-state index contributed by atoms with van der Waals surface area (Å²) in [5.74, 6) is 0.375. The molecule has 0 fully saturated rings. The van der Waals surface area contributed by atoms with Crippen LogP contribution in [0.15, 0.2) is 35.5 Å². The highest BCUT2D eigenvalue weighted by Crippen LogP contribution is 2.26. The van der Waals surface area contributed by atoms with Gasteiger partial charge in [0.05, 0.1) is 5.71 Å². The molecule has 0 saturated carbocycles. The van der Waals surface area contributed by atoms with E-state index in [9.17, 15) is 14.4 Å². The Balaban J connectivity index is 2.94. The van der Waals surface area contributed by atoms with Crippen molar-refractivity contribution in [1.29, 1.82) is 0 Å². The van der Waals surface area contributed by atoms with E-state index in [0.717, 1.165) is 18.4 Å². The molecule has 0 aliphatic carbocycles. The summed E-state index contributed by atoms with van der Waals surface area (Å²) >= 11 is 0. The number of hydrogen-bond donors (Lipinski definition) is 0. The molecule has 1 aromatic rings. The quantitative estimate of drug-likeness (QED) is 0.435. The minimum Gasteiger partial charge on any atom is -0.778 e. The number of hydrogen-bond acceptors (Lipinski definition) is 5. The highest BCUT2D eigenvalue weighted by molar-refractivity contribution is 7.43. The molecule has 0 unspecified atom stereocenters. The Morgan fingerprint density at radius 1 is 1.26 bits per heavy atom. The average molecular weight is 283 g/mol. The topological polar surface area (TPSA) is 84.8 Å². The molecule has 0 bridgehead atoms. The van der Waals surface area contributed by atoms with Crippen LogP contribution in [-0.4, -0.2) is 5.71 Å². The molecule has 0 saturated heterocycles. The van der Waals surface area contributed by atoms with Crippen LogP contribution >= 0.6 is 7.82 Å². The van der Waals surface area contributed by atoms with Gasteiger partial charge in [-0.1, -0.05) is 62.2 Å². The molecule has 0 spiro atoms. The SMILES string of the molecule is CCC(CC)CC(=NOP(=O)([O-])[O-])c1ccccc1. The Morgan fingerprint density at radius 3 is 2.32 bits per heavy atom. The molecule has 0 heterocycles. The monoisotopic (exact) mass is 283 g/mol. The van der Waals surface area contributed by atoms with E-state index in [4.69, 9.17) is 0 Å². The fourth-order valence-corrected chi connectivity index (χ4v) is 1.99. The van der Waals surface area contributed by atoms with Gasteiger partial charge in [0.1, 0.15) is 7.82 Å². The Hall–Kier alpha value is -1.16. The molecular formula is C13H18NO4P-2. The molecule has 0 radical (unpaired) electrons. The van der Waals surface area contributed by atoms with E-state index in [1.165, 1.54) is 0 Å². The van der Waals surface area contributed by atoms with Gasteiger partial charge in [0, 0.05) is 0 Å². The van der Waals surface area contributed by atoms with E-state index in [0.29, 0.717) is 18.1 Å². The van der Waals surface area contributed by atoms with Gasteiger partial charge in [0.2, 0.25) is 0 Å². The van der Waals surface area contributed by atoms with Crippen LogP contribution in [0.3, 0.4) is 0 Å². The van der Waals surface area contributed by atoms with Gasteiger partial charge in [-0.05, 0) is 17.9 Å². The third kappa shape index (κ3) is 6.01. The number of nitrogens with zero attached hydrogens (tertiary/aromatic N) is 1. The minimum atomic E-state index is -5.09. The number of phosphoric acid groups is 1. The molecule has 1 aromatic carbocycles. The van der Waals surface area contributed by atoms with Gasteiger partial charge in [-0.3, -0.25) is 0 Å². The lowest BCUT2D eigenvalue weighted by atomic mass is 9.93. The van der Waals surface area contributed by atoms with Crippen LogP contribution in [0.4, 0.5) is 0 Å². The zero-order valence-corrected chi connectivity index (χ0v) is 12.0. The maximum Gasteiger partial charge on any atom is 0.146 e. The summed E-state index contributed by atoms with van der Waals surface area (Å²) in [6, 6.07) is 9.12. The summed E-state index contributed by atoms with van der Waals surface area (Å²) in [5.41, 5.74) is 1.25. The van der Waals surface area contributed by atoms with Crippen molar-refractivity contribution < 1.29 is 19.0 Å². The summed E-state index contributed by atoms with van der Waals surface area (Å²) in [7, 11) is -5.09. The Labute approximate surface area is 113 Å². The van der Waals surface area contributed by atoms with Crippen molar-refractivity contribution in [3.63, 3.8) is 0 Å². The fraction of sp³-hybridized carbons (Fsp3) is 0.462. The first kappa shape index (κ1) is 15.9. The average Bonchev–Trinajstić information content (AvgIpc) is 2.39. The molecule has 19 heavy (non-hydrogen) atoms. The predicted molar refractivity (Wildman–Crippen MR) is 70.4 cm³/mol. The van der Waals surface area contributed by atoms with Crippen molar-refractivity contribution in [2.24, 2.45) is 11.1 Å². The highest BCUT2D eigenvalue weighted by atomic mass is 31.2. The molecule has 0 N–H and O–H groups in total. The number of oxime groups is 1. The van der Waals surface area contributed by atoms with Gasteiger partial charge in [-0.15, -0.1) is 0 Å². The minimum absolute atomic E-state index is 0.375. The summed E-state index contributed by atoms with van der Waals surface area (Å²) < 4.78 is 14.6. The first-order valence-electron chi connectivity index (χ1n) is 6.29. The van der Waals surface area contributed by atoms with E-state index in [-0.39, 0.29) is 0 Å². The molecule has 0 aromatic heterocycles. The number of rotatable bonds is 7. The molecule has 5 nitrogen and oxygen atoms in total. The maximum atomic E-state index is 10.5. The molecular weight excluding hydrogens is 265 g/mol. The Morgan fingerprint density at radius 2 is 1.84 bits per heavy atom. The fourth-order valence-electron chi connectivity index (χ4n) is 1.79. The van der Waals surface area contributed by atoms with Crippen molar-refractivity contribution in [1.82, 2.24) is 0 Å². The predicted octanol–water partition coefficient (Wildman–Crippen LogP) is 2.06. The Bertz CT molecular complexity index is 451. The van der Waals surface area contributed by atoms with Gasteiger partial charge in [0.25, 0.3) is 0 Å². The first-order chi connectivity index (χ1) is 8.96. The van der Waals surface area contributed by atoms with Gasteiger partial charge in [-0.25, -0.2) is 0 Å². The molecule has 0 amide bonds. The van der Waals surface area contributed by atoms with Gasteiger partial charge in [0.15, 0.2) is 0 Å². The molecule has 0 aliphatic rings. The second-order valence-electron chi connectivity index (χ2n) is 4.32.